The number of nitrogens with zero attached hydrogens (tertiary/aromatic N) is 1. The maximum Gasteiger partial charge on any atom is 0.335 e. The summed E-state index contributed by atoms with van der Waals surface area (Å²) >= 11 is 3.33. The topological polar surface area (TPSA) is 57.7 Å². The average Bonchev–Trinajstić information content (AvgIpc) is 2.50. The molecule has 0 unspecified atom stereocenters. The van der Waals surface area contributed by atoms with Gasteiger partial charge in [0.2, 0.25) is 5.88 Å². The van der Waals surface area contributed by atoms with Gasteiger partial charge in [0.05, 0.1) is 19.4 Å². The number of ether oxygens (including phenoxy) is 1. The standard InChI is InChI=1S/C16H19BrNO4P/c1-3-20-23(19,21-4-2)12-13-6-5-7-15(10-13)22-16-9-8-14(17)11-18-16/h5-11H,3-4,12H2,1-2H3. The second-order valence-corrected chi connectivity index (χ2v) is 7.64. The minimum Gasteiger partial charge on any atom is -0.439 e. The van der Waals surface area contributed by atoms with E-state index in [2.05, 4.69) is 20.9 Å². The van der Waals surface area contributed by atoms with Crippen LogP contribution in [0.3, 0.4) is 0 Å². The van der Waals surface area contributed by atoms with E-state index in [4.69, 9.17) is 13.8 Å². The fourth-order valence-electron chi connectivity index (χ4n) is 2.00. The predicted octanol–water partition coefficient (Wildman–Crippen LogP) is 5.40. The molecule has 23 heavy (non-hydrogen) atoms. The van der Waals surface area contributed by atoms with E-state index in [1.54, 1.807) is 26.1 Å². The number of benzene rings is 1. The lowest BCUT2D eigenvalue weighted by Gasteiger charge is -2.17. The summed E-state index contributed by atoms with van der Waals surface area (Å²) < 4.78 is 29.8. The van der Waals surface area contributed by atoms with Crippen LogP contribution in [0.2, 0.25) is 0 Å². The normalized spacial score (nSPS) is 11.4. The third kappa shape index (κ3) is 5.74. The van der Waals surface area contributed by atoms with Crippen molar-refractivity contribution in [2.24, 2.45) is 0 Å². The maximum absolute atomic E-state index is 12.6. The average molecular weight is 400 g/mol. The molecule has 0 fully saturated rings. The van der Waals surface area contributed by atoms with Gasteiger partial charge in [0.15, 0.2) is 0 Å². The number of aromatic nitrogens is 1. The molecular formula is C16H19BrNO4P. The summed E-state index contributed by atoms with van der Waals surface area (Å²) in [5, 5.41) is 0. The summed E-state index contributed by atoms with van der Waals surface area (Å²) in [4.78, 5) is 4.16. The molecule has 0 bridgehead atoms. The van der Waals surface area contributed by atoms with Gasteiger partial charge in [-0.2, -0.15) is 0 Å². The Hall–Kier alpha value is -1.20. The van der Waals surface area contributed by atoms with E-state index < -0.39 is 7.60 Å². The van der Waals surface area contributed by atoms with Gasteiger partial charge in [-0.25, -0.2) is 4.98 Å². The number of pyridine rings is 1. The first-order valence-corrected chi connectivity index (χ1v) is 9.83. The summed E-state index contributed by atoms with van der Waals surface area (Å²) in [7, 11) is -3.13. The van der Waals surface area contributed by atoms with Gasteiger partial charge in [-0.1, -0.05) is 12.1 Å². The molecule has 0 N–H and O–H groups in total. The quantitative estimate of drug-likeness (QED) is 0.555. The largest absolute Gasteiger partial charge is 0.439 e. The second kappa shape index (κ2) is 8.60. The second-order valence-electron chi connectivity index (χ2n) is 4.67. The van der Waals surface area contributed by atoms with Crippen molar-refractivity contribution in [1.82, 2.24) is 4.98 Å². The van der Waals surface area contributed by atoms with Crippen LogP contribution in [0.4, 0.5) is 0 Å². The fraction of sp³-hybridized carbons (Fsp3) is 0.312. The third-order valence-electron chi connectivity index (χ3n) is 2.85. The van der Waals surface area contributed by atoms with Gasteiger partial charge < -0.3 is 13.8 Å². The van der Waals surface area contributed by atoms with Crippen molar-refractivity contribution in [2.45, 2.75) is 20.0 Å². The lowest BCUT2D eigenvalue weighted by atomic mass is 10.2. The van der Waals surface area contributed by atoms with E-state index in [0.29, 0.717) is 24.8 Å². The Morgan fingerprint density at radius 1 is 1.13 bits per heavy atom. The first-order chi connectivity index (χ1) is 11.0. The summed E-state index contributed by atoms with van der Waals surface area (Å²) in [5.41, 5.74) is 0.824. The predicted molar refractivity (Wildman–Crippen MR) is 93.0 cm³/mol. The highest BCUT2D eigenvalue weighted by Gasteiger charge is 2.24. The van der Waals surface area contributed by atoms with Gasteiger partial charge in [0.25, 0.3) is 0 Å². The minimum absolute atomic E-state index is 0.208. The Balaban J connectivity index is 2.12. The van der Waals surface area contributed by atoms with Crippen LogP contribution in [0.25, 0.3) is 0 Å². The van der Waals surface area contributed by atoms with E-state index in [1.165, 1.54) is 0 Å². The van der Waals surface area contributed by atoms with Crippen molar-refractivity contribution in [3.63, 3.8) is 0 Å². The monoisotopic (exact) mass is 399 g/mol. The highest BCUT2D eigenvalue weighted by Crippen LogP contribution is 2.51. The van der Waals surface area contributed by atoms with Gasteiger partial charge in [-0.15, -0.1) is 0 Å². The Morgan fingerprint density at radius 3 is 2.48 bits per heavy atom. The van der Waals surface area contributed by atoms with E-state index in [1.807, 2.05) is 30.3 Å². The maximum atomic E-state index is 12.6. The van der Waals surface area contributed by atoms with Gasteiger partial charge in [0, 0.05) is 16.7 Å². The number of hydrogen-bond acceptors (Lipinski definition) is 5. The van der Waals surface area contributed by atoms with Crippen molar-refractivity contribution in [3.8, 4) is 11.6 Å². The fourth-order valence-corrected chi connectivity index (χ4v) is 3.92. The van der Waals surface area contributed by atoms with Crippen LogP contribution in [0, 0.1) is 0 Å². The van der Waals surface area contributed by atoms with Crippen LogP contribution in [0.15, 0.2) is 47.1 Å². The molecule has 2 rings (SSSR count). The summed E-state index contributed by atoms with van der Waals surface area (Å²) in [5.74, 6) is 1.11. The first kappa shape index (κ1) is 18.1. The third-order valence-corrected chi connectivity index (χ3v) is 5.37. The molecule has 1 aromatic carbocycles. The zero-order chi connectivity index (χ0) is 16.7. The number of hydrogen-bond donors (Lipinski definition) is 0. The summed E-state index contributed by atoms with van der Waals surface area (Å²) in [6.45, 7) is 4.28. The van der Waals surface area contributed by atoms with Crippen molar-refractivity contribution < 1.29 is 18.3 Å². The molecular weight excluding hydrogens is 381 g/mol. The van der Waals surface area contributed by atoms with Crippen LogP contribution < -0.4 is 4.74 Å². The lowest BCUT2D eigenvalue weighted by molar-refractivity contribution is 0.219. The van der Waals surface area contributed by atoms with Gasteiger partial charge >= 0.3 is 7.60 Å². The van der Waals surface area contributed by atoms with E-state index in [-0.39, 0.29) is 6.16 Å². The molecule has 0 aliphatic rings. The molecule has 0 saturated heterocycles. The molecule has 0 radical (unpaired) electrons. The molecule has 0 aliphatic heterocycles. The van der Waals surface area contributed by atoms with Crippen LogP contribution in [0.1, 0.15) is 19.4 Å². The van der Waals surface area contributed by atoms with E-state index in [0.717, 1.165) is 10.0 Å². The number of rotatable bonds is 8. The molecule has 0 saturated carbocycles. The minimum atomic E-state index is -3.13. The van der Waals surface area contributed by atoms with Crippen LogP contribution >= 0.6 is 23.5 Å². The van der Waals surface area contributed by atoms with Crippen molar-refractivity contribution in [1.29, 1.82) is 0 Å². The molecule has 0 aliphatic carbocycles. The highest BCUT2D eigenvalue weighted by molar-refractivity contribution is 9.10. The first-order valence-electron chi connectivity index (χ1n) is 7.31. The molecule has 1 heterocycles. The summed E-state index contributed by atoms with van der Waals surface area (Å²) in [6, 6.07) is 11.0. The zero-order valence-electron chi connectivity index (χ0n) is 13.1. The molecule has 1 aromatic heterocycles. The zero-order valence-corrected chi connectivity index (χ0v) is 15.5. The molecule has 0 atom stereocenters. The Kier molecular flexibility index (Phi) is 6.78. The van der Waals surface area contributed by atoms with Crippen LogP contribution in [0.5, 0.6) is 11.6 Å². The van der Waals surface area contributed by atoms with E-state index in [9.17, 15) is 4.57 Å². The smallest absolute Gasteiger partial charge is 0.335 e. The van der Waals surface area contributed by atoms with Gasteiger partial charge in [0.1, 0.15) is 5.75 Å². The lowest BCUT2D eigenvalue weighted by Crippen LogP contribution is -1.99. The van der Waals surface area contributed by atoms with Crippen LogP contribution in [-0.2, 0) is 19.8 Å². The molecule has 0 spiro atoms. The molecule has 2 aromatic rings. The van der Waals surface area contributed by atoms with Crippen molar-refractivity contribution in [3.05, 3.63) is 52.6 Å². The number of halogens is 1. The molecule has 0 amide bonds. The van der Waals surface area contributed by atoms with Crippen LogP contribution in [-0.4, -0.2) is 18.2 Å². The SMILES string of the molecule is CCOP(=O)(Cc1cccc(Oc2ccc(Br)cn2)c1)OCC. The Labute approximate surface area is 144 Å². The Bertz CT molecular complexity index is 668. The van der Waals surface area contributed by atoms with Gasteiger partial charge in [-0.05, 0) is 53.5 Å². The van der Waals surface area contributed by atoms with Crippen molar-refractivity contribution in [2.75, 3.05) is 13.2 Å². The molecule has 7 heteroatoms. The molecule has 5 nitrogen and oxygen atoms in total. The summed E-state index contributed by atoms with van der Waals surface area (Å²) in [6.07, 6.45) is 1.87. The highest BCUT2D eigenvalue weighted by atomic mass is 79.9. The van der Waals surface area contributed by atoms with Crippen molar-refractivity contribution >= 4 is 23.5 Å². The molecule has 124 valence electrons. The van der Waals surface area contributed by atoms with Gasteiger partial charge in [-0.3, -0.25) is 4.57 Å². The Morgan fingerprint density at radius 2 is 1.87 bits per heavy atom. The van der Waals surface area contributed by atoms with E-state index >= 15 is 0 Å².